The Morgan fingerprint density at radius 2 is 2.05 bits per heavy atom. The Morgan fingerprint density at radius 1 is 1.37 bits per heavy atom. The lowest BCUT2D eigenvalue weighted by molar-refractivity contribution is -0.117. The Morgan fingerprint density at radius 3 is 2.63 bits per heavy atom. The van der Waals surface area contributed by atoms with Crippen LogP contribution in [-0.2, 0) is 11.2 Å². The fourth-order valence-electron chi connectivity index (χ4n) is 2.39. The fraction of sp³-hybridized carbons (Fsp3) is 0.467. The number of nitrogens with one attached hydrogen (secondary N) is 1. The minimum atomic E-state index is -0.155. The number of urea groups is 1. The molecule has 4 heteroatoms. The molecule has 0 radical (unpaired) electrons. The number of aryl methyl sites for hydroxylation is 1. The van der Waals surface area contributed by atoms with Crippen LogP contribution in [0.1, 0.15) is 37.4 Å². The summed E-state index contributed by atoms with van der Waals surface area (Å²) in [7, 11) is 0. The first-order valence-electron chi connectivity index (χ1n) is 6.74. The molecule has 1 aromatic carbocycles. The number of nitrogens with zero attached hydrogens (tertiary/aromatic N) is 1. The molecule has 1 fully saturated rings. The van der Waals surface area contributed by atoms with Crippen LogP contribution in [0.25, 0.3) is 0 Å². The summed E-state index contributed by atoms with van der Waals surface area (Å²) in [5.41, 5.74) is 2.41. The largest absolute Gasteiger partial charge is 0.329 e. The highest BCUT2D eigenvalue weighted by Crippen LogP contribution is 2.20. The molecule has 2 rings (SSSR count). The maximum absolute atomic E-state index is 11.7. The van der Waals surface area contributed by atoms with Gasteiger partial charge in [-0.15, -0.1) is 0 Å². The van der Waals surface area contributed by atoms with Crippen LogP contribution < -0.4 is 5.32 Å². The van der Waals surface area contributed by atoms with E-state index < -0.39 is 0 Å². The lowest BCUT2D eigenvalue weighted by Gasteiger charge is -2.12. The molecule has 1 aromatic rings. The summed E-state index contributed by atoms with van der Waals surface area (Å²) in [4.78, 5) is 24.4. The second-order valence-corrected chi connectivity index (χ2v) is 5.08. The molecule has 0 bridgehead atoms. The fourth-order valence-corrected chi connectivity index (χ4v) is 2.39. The summed E-state index contributed by atoms with van der Waals surface area (Å²) in [5.74, 6) is 0.00842. The van der Waals surface area contributed by atoms with Crippen molar-refractivity contribution < 1.29 is 9.59 Å². The van der Waals surface area contributed by atoms with Gasteiger partial charge in [0.05, 0.1) is 12.6 Å². The summed E-state index contributed by atoms with van der Waals surface area (Å²) >= 11 is 0. The standard InChI is InChI=1S/C15H20N2O2/c1-3-4-12-5-7-13(8-6-12)14-10-17(9-11(2)18)15(19)16-14/h5-8,14H,3-4,9-10H2,1-2H3,(H,16,19). The van der Waals surface area contributed by atoms with E-state index in [1.165, 1.54) is 12.5 Å². The van der Waals surface area contributed by atoms with Gasteiger partial charge in [-0.25, -0.2) is 4.79 Å². The van der Waals surface area contributed by atoms with E-state index in [1.54, 1.807) is 4.90 Å². The molecule has 1 unspecified atom stereocenters. The molecule has 1 aliphatic rings. The summed E-state index contributed by atoms with van der Waals surface area (Å²) in [6, 6.07) is 8.18. The molecular formula is C15H20N2O2. The second-order valence-electron chi connectivity index (χ2n) is 5.08. The third-order valence-corrected chi connectivity index (χ3v) is 3.32. The summed E-state index contributed by atoms with van der Waals surface area (Å²) in [6.07, 6.45) is 2.21. The van der Waals surface area contributed by atoms with Gasteiger partial charge in [-0.05, 0) is 24.5 Å². The molecule has 1 saturated heterocycles. The van der Waals surface area contributed by atoms with Crippen molar-refractivity contribution in [2.45, 2.75) is 32.7 Å². The number of carbonyl (C=O) groups is 2. The number of carbonyl (C=O) groups excluding carboxylic acids is 2. The predicted octanol–water partition coefficient (Wildman–Crippen LogP) is 2.29. The monoisotopic (exact) mass is 260 g/mol. The van der Waals surface area contributed by atoms with Gasteiger partial charge >= 0.3 is 6.03 Å². The minimum Gasteiger partial charge on any atom is -0.329 e. The van der Waals surface area contributed by atoms with E-state index in [2.05, 4.69) is 36.5 Å². The van der Waals surface area contributed by atoms with Crippen LogP contribution in [0.3, 0.4) is 0 Å². The molecule has 0 aromatic heterocycles. The summed E-state index contributed by atoms with van der Waals surface area (Å²) in [6.45, 7) is 4.41. The highest BCUT2D eigenvalue weighted by molar-refractivity contribution is 5.85. The van der Waals surface area contributed by atoms with Gasteiger partial charge in [0.15, 0.2) is 0 Å². The van der Waals surface area contributed by atoms with Gasteiger partial charge in [-0.2, -0.15) is 0 Å². The van der Waals surface area contributed by atoms with Crippen LogP contribution in [0.5, 0.6) is 0 Å². The highest BCUT2D eigenvalue weighted by Gasteiger charge is 2.29. The third-order valence-electron chi connectivity index (χ3n) is 3.32. The van der Waals surface area contributed by atoms with Crippen molar-refractivity contribution in [1.29, 1.82) is 0 Å². The quantitative estimate of drug-likeness (QED) is 0.883. The highest BCUT2D eigenvalue weighted by atomic mass is 16.2. The van der Waals surface area contributed by atoms with Gasteiger partial charge in [0.2, 0.25) is 0 Å². The topological polar surface area (TPSA) is 49.4 Å². The van der Waals surface area contributed by atoms with E-state index in [9.17, 15) is 9.59 Å². The maximum atomic E-state index is 11.7. The lowest BCUT2D eigenvalue weighted by atomic mass is 10.0. The minimum absolute atomic E-state index is 0.00842. The Labute approximate surface area is 113 Å². The number of Topliss-reactive ketones (excluding diaryl/α,β-unsaturated/α-hetero) is 1. The van der Waals surface area contributed by atoms with E-state index in [4.69, 9.17) is 0 Å². The average Bonchev–Trinajstić information content (AvgIpc) is 2.71. The molecule has 0 aliphatic carbocycles. The van der Waals surface area contributed by atoms with Crippen LogP contribution in [0.2, 0.25) is 0 Å². The first-order chi connectivity index (χ1) is 9.10. The van der Waals surface area contributed by atoms with Gasteiger partial charge in [0.1, 0.15) is 5.78 Å². The first-order valence-corrected chi connectivity index (χ1v) is 6.74. The second kappa shape index (κ2) is 5.87. The van der Waals surface area contributed by atoms with E-state index in [1.807, 2.05) is 0 Å². The Bertz CT molecular complexity index is 468. The molecule has 102 valence electrons. The van der Waals surface area contributed by atoms with Crippen molar-refractivity contribution in [1.82, 2.24) is 10.2 Å². The van der Waals surface area contributed by atoms with Crippen LogP contribution in [0.4, 0.5) is 4.79 Å². The van der Waals surface area contributed by atoms with Gasteiger partial charge in [-0.1, -0.05) is 37.6 Å². The van der Waals surface area contributed by atoms with Crippen LogP contribution in [0, 0.1) is 0 Å². The molecule has 1 aliphatic heterocycles. The zero-order chi connectivity index (χ0) is 13.8. The smallest absolute Gasteiger partial charge is 0.318 e. The number of hydrogen-bond acceptors (Lipinski definition) is 2. The third kappa shape index (κ3) is 3.34. The molecule has 2 amide bonds. The molecule has 0 spiro atoms. The van der Waals surface area contributed by atoms with E-state index in [0.717, 1.165) is 18.4 Å². The van der Waals surface area contributed by atoms with Gasteiger partial charge in [-0.3, -0.25) is 4.79 Å². The van der Waals surface area contributed by atoms with Crippen molar-refractivity contribution in [2.24, 2.45) is 0 Å². The van der Waals surface area contributed by atoms with Gasteiger partial charge in [0, 0.05) is 6.54 Å². The van der Waals surface area contributed by atoms with Crippen molar-refractivity contribution >= 4 is 11.8 Å². The van der Waals surface area contributed by atoms with E-state index >= 15 is 0 Å². The predicted molar refractivity (Wildman–Crippen MR) is 74.0 cm³/mol. The number of hydrogen-bond donors (Lipinski definition) is 1. The lowest BCUT2D eigenvalue weighted by Crippen LogP contribution is -2.32. The van der Waals surface area contributed by atoms with Crippen LogP contribution in [-0.4, -0.2) is 29.8 Å². The zero-order valence-electron chi connectivity index (χ0n) is 11.5. The molecule has 1 heterocycles. The molecule has 0 saturated carbocycles. The molecule has 1 atom stereocenters. The van der Waals surface area contributed by atoms with Gasteiger partial charge in [0.25, 0.3) is 0 Å². The summed E-state index contributed by atoms with van der Waals surface area (Å²) < 4.78 is 0. The number of rotatable bonds is 5. The molecular weight excluding hydrogens is 240 g/mol. The van der Waals surface area contributed by atoms with Crippen molar-refractivity contribution in [2.75, 3.05) is 13.1 Å². The maximum Gasteiger partial charge on any atom is 0.318 e. The Kier molecular flexibility index (Phi) is 4.20. The molecule has 4 nitrogen and oxygen atoms in total. The van der Waals surface area contributed by atoms with Crippen molar-refractivity contribution in [3.8, 4) is 0 Å². The Balaban J connectivity index is 2.03. The molecule has 19 heavy (non-hydrogen) atoms. The first kappa shape index (κ1) is 13.6. The van der Waals surface area contributed by atoms with Gasteiger partial charge < -0.3 is 10.2 Å². The van der Waals surface area contributed by atoms with Crippen LogP contribution in [0.15, 0.2) is 24.3 Å². The average molecular weight is 260 g/mol. The van der Waals surface area contributed by atoms with Crippen molar-refractivity contribution in [3.05, 3.63) is 35.4 Å². The number of benzene rings is 1. The van der Waals surface area contributed by atoms with E-state index in [-0.39, 0.29) is 24.4 Å². The van der Waals surface area contributed by atoms with Crippen LogP contribution >= 0.6 is 0 Å². The normalized spacial score (nSPS) is 18.5. The SMILES string of the molecule is CCCc1ccc(C2CN(CC(C)=O)C(=O)N2)cc1. The summed E-state index contributed by atoms with van der Waals surface area (Å²) in [5, 5.41) is 2.91. The van der Waals surface area contributed by atoms with Crippen molar-refractivity contribution in [3.63, 3.8) is 0 Å². The number of amides is 2. The molecule has 1 N–H and O–H groups in total. The number of ketones is 1. The Hall–Kier alpha value is -1.84. The zero-order valence-corrected chi connectivity index (χ0v) is 11.5. The van der Waals surface area contributed by atoms with E-state index in [0.29, 0.717) is 6.54 Å².